The molecule has 1 aliphatic heterocycles. The zero-order chi connectivity index (χ0) is 12.6. The van der Waals surface area contributed by atoms with Crippen molar-refractivity contribution < 1.29 is 4.79 Å². The second-order valence-electron chi connectivity index (χ2n) is 6.11. The Morgan fingerprint density at radius 3 is 2.35 bits per heavy atom. The van der Waals surface area contributed by atoms with Crippen LogP contribution in [0.4, 0.5) is 0 Å². The van der Waals surface area contributed by atoms with Gasteiger partial charge in [0.1, 0.15) is 0 Å². The number of carbonyl (C=O) groups is 1. The molecule has 3 unspecified atom stereocenters. The second kappa shape index (κ2) is 4.97. The van der Waals surface area contributed by atoms with Crippen molar-refractivity contribution in [2.24, 2.45) is 11.8 Å². The Hall–Kier alpha value is -0.570. The Morgan fingerprint density at radius 1 is 1.24 bits per heavy atom. The van der Waals surface area contributed by atoms with Gasteiger partial charge in [-0.3, -0.25) is 10.1 Å². The Labute approximate surface area is 105 Å². The van der Waals surface area contributed by atoms with Crippen LogP contribution < -0.4 is 5.32 Å². The first kappa shape index (κ1) is 12.9. The molecule has 0 aromatic heterocycles. The molecule has 0 spiro atoms. The number of amides is 1. The average molecular weight is 238 g/mol. The first-order valence-corrected chi connectivity index (χ1v) is 7.10. The standard InChI is InChI=1S/C14H26N2O/c1-9(2)13-15-10(3)14(17)16(13)11(4)12-7-5-6-8-12/h9-13,15H,5-8H2,1-4H3. The zero-order valence-electron chi connectivity index (χ0n) is 11.6. The van der Waals surface area contributed by atoms with Gasteiger partial charge in [0.25, 0.3) is 0 Å². The molecule has 0 aromatic rings. The van der Waals surface area contributed by atoms with Gasteiger partial charge in [0.15, 0.2) is 0 Å². The fraction of sp³-hybridized carbons (Fsp3) is 0.929. The van der Waals surface area contributed by atoms with E-state index < -0.39 is 0 Å². The molecule has 3 heteroatoms. The van der Waals surface area contributed by atoms with E-state index in [1.165, 1.54) is 25.7 Å². The van der Waals surface area contributed by atoms with E-state index in [-0.39, 0.29) is 12.2 Å². The normalized spacial score (nSPS) is 32.8. The Balaban J connectivity index is 2.12. The molecule has 0 aromatic carbocycles. The zero-order valence-corrected chi connectivity index (χ0v) is 11.6. The van der Waals surface area contributed by atoms with E-state index in [2.05, 4.69) is 31.0 Å². The van der Waals surface area contributed by atoms with Crippen molar-refractivity contribution in [3.05, 3.63) is 0 Å². The highest BCUT2D eigenvalue weighted by molar-refractivity contribution is 5.84. The lowest BCUT2D eigenvalue weighted by Gasteiger charge is -2.36. The van der Waals surface area contributed by atoms with Crippen molar-refractivity contribution in [1.29, 1.82) is 0 Å². The van der Waals surface area contributed by atoms with Gasteiger partial charge in [-0.1, -0.05) is 26.7 Å². The molecule has 3 atom stereocenters. The van der Waals surface area contributed by atoms with Crippen LogP contribution in [0.15, 0.2) is 0 Å². The summed E-state index contributed by atoms with van der Waals surface area (Å²) in [6.07, 6.45) is 5.50. The van der Waals surface area contributed by atoms with Gasteiger partial charge >= 0.3 is 0 Å². The van der Waals surface area contributed by atoms with Gasteiger partial charge in [0.05, 0.1) is 12.2 Å². The predicted molar refractivity (Wildman–Crippen MR) is 69.5 cm³/mol. The molecule has 1 aliphatic carbocycles. The van der Waals surface area contributed by atoms with E-state index in [1.807, 2.05) is 6.92 Å². The molecule has 1 saturated carbocycles. The molecule has 1 heterocycles. The van der Waals surface area contributed by atoms with Crippen LogP contribution in [0.5, 0.6) is 0 Å². The van der Waals surface area contributed by atoms with Crippen molar-refractivity contribution in [2.45, 2.75) is 71.6 Å². The first-order valence-electron chi connectivity index (χ1n) is 7.10. The fourth-order valence-corrected chi connectivity index (χ4v) is 3.40. The third-order valence-electron chi connectivity index (χ3n) is 4.50. The summed E-state index contributed by atoms with van der Waals surface area (Å²) >= 11 is 0. The second-order valence-corrected chi connectivity index (χ2v) is 6.11. The lowest BCUT2D eigenvalue weighted by molar-refractivity contribution is -0.133. The molecule has 0 bridgehead atoms. The molecule has 2 rings (SSSR count). The number of carbonyl (C=O) groups excluding carboxylic acids is 1. The maximum atomic E-state index is 12.3. The lowest BCUT2D eigenvalue weighted by atomic mass is 9.96. The first-order chi connectivity index (χ1) is 8.02. The maximum Gasteiger partial charge on any atom is 0.240 e. The summed E-state index contributed by atoms with van der Waals surface area (Å²) in [5.74, 6) is 1.49. The molecule has 2 aliphatic rings. The maximum absolute atomic E-state index is 12.3. The van der Waals surface area contributed by atoms with Crippen LogP contribution in [0.25, 0.3) is 0 Å². The molecule has 1 amide bonds. The van der Waals surface area contributed by atoms with Crippen LogP contribution in [-0.4, -0.2) is 29.1 Å². The summed E-state index contributed by atoms with van der Waals surface area (Å²) in [4.78, 5) is 14.4. The van der Waals surface area contributed by atoms with Crippen molar-refractivity contribution in [1.82, 2.24) is 10.2 Å². The highest BCUT2D eigenvalue weighted by Crippen LogP contribution is 2.33. The van der Waals surface area contributed by atoms with Crippen molar-refractivity contribution >= 4 is 5.91 Å². The van der Waals surface area contributed by atoms with Crippen LogP contribution in [0, 0.1) is 11.8 Å². The number of hydrogen-bond acceptors (Lipinski definition) is 2. The Morgan fingerprint density at radius 2 is 1.82 bits per heavy atom. The SMILES string of the molecule is CC1NC(C(C)C)N(C(C)C2CCCC2)C1=O. The number of hydrogen-bond donors (Lipinski definition) is 1. The number of nitrogens with one attached hydrogen (secondary N) is 1. The molecule has 3 nitrogen and oxygen atoms in total. The van der Waals surface area contributed by atoms with Gasteiger partial charge in [-0.15, -0.1) is 0 Å². The lowest BCUT2D eigenvalue weighted by Crippen LogP contribution is -2.48. The number of nitrogens with zero attached hydrogens (tertiary/aromatic N) is 1. The minimum absolute atomic E-state index is 0.00810. The Bertz CT molecular complexity index is 284. The van der Waals surface area contributed by atoms with Gasteiger partial charge in [-0.25, -0.2) is 0 Å². The third kappa shape index (κ3) is 2.35. The van der Waals surface area contributed by atoms with E-state index in [9.17, 15) is 4.79 Å². The van der Waals surface area contributed by atoms with Crippen LogP contribution >= 0.6 is 0 Å². The fourth-order valence-electron chi connectivity index (χ4n) is 3.40. The average Bonchev–Trinajstić information content (AvgIpc) is 2.88. The van der Waals surface area contributed by atoms with E-state index >= 15 is 0 Å². The predicted octanol–water partition coefficient (Wildman–Crippen LogP) is 2.37. The van der Waals surface area contributed by atoms with Crippen LogP contribution in [0.3, 0.4) is 0 Å². The summed E-state index contributed by atoms with van der Waals surface area (Å²) in [7, 11) is 0. The molecule has 17 heavy (non-hydrogen) atoms. The highest BCUT2D eigenvalue weighted by Gasteiger charge is 2.42. The molecule has 2 fully saturated rings. The van der Waals surface area contributed by atoms with E-state index in [4.69, 9.17) is 0 Å². The van der Waals surface area contributed by atoms with E-state index in [0.717, 1.165) is 0 Å². The smallest absolute Gasteiger partial charge is 0.240 e. The van der Waals surface area contributed by atoms with Crippen LogP contribution in [0.2, 0.25) is 0 Å². The number of rotatable bonds is 3. The topological polar surface area (TPSA) is 32.3 Å². The largest absolute Gasteiger partial charge is 0.323 e. The van der Waals surface area contributed by atoms with E-state index in [1.54, 1.807) is 0 Å². The van der Waals surface area contributed by atoms with Gasteiger partial charge in [0.2, 0.25) is 5.91 Å². The molecular formula is C14H26N2O. The molecule has 1 N–H and O–H groups in total. The molecular weight excluding hydrogens is 212 g/mol. The monoisotopic (exact) mass is 238 g/mol. The van der Waals surface area contributed by atoms with Gasteiger partial charge in [-0.05, 0) is 38.5 Å². The van der Waals surface area contributed by atoms with Crippen molar-refractivity contribution in [3.63, 3.8) is 0 Å². The third-order valence-corrected chi connectivity index (χ3v) is 4.50. The van der Waals surface area contributed by atoms with E-state index in [0.29, 0.717) is 23.8 Å². The molecule has 0 radical (unpaired) electrons. The quantitative estimate of drug-likeness (QED) is 0.818. The van der Waals surface area contributed by atoms with Gasteiger partial charge < -0.3 is 4.90 Å². The summed E-state index contributed by atoms with van der Waals surface area (Å²) < 4.78 is 0. The molecule has 1 saturated heterocycles. The Kier molecular flexibility index (Phi) is 3.76. The minimum Gasteiger partial charge on any atom is -0.323 e. The van der Waals surface area contributed by atoms with Gasteiger partial charge in [-0.2, -0.15) is 0 Å². The van der Waals surface area contributed by atoms with Crippen LogP contribution in [-0.2, 0) is 4.79 Å². The van der Waals surface area contributed by atoms with Crippen molar-refractivity contribution in [3.8, 4) is 0 Å². The minimum atomic E-state index is -0.00810. The van der Waals surface area contributed by atoms with Crippen molar-refractivity contribution in [2.75, 3.05) is 0 Å². The summed E-state index contributed by atoms with van der Waals surface area (Å²) in [6.45, 7) is 8.61. The summed E-state index contributed by atoms with van der Waals surface area (Å²) in [5, 5.41) is 3.43. The van der Waals surface area contributed by atoms with Gasteiger partial charge in [0, 0.05) is 6.04 Å². The van der Waals surface area contributed by atoms with Crippen LogP contribution in [0.1, 0.15) is 53.4 Å². The highest BCUT2D eigenvalue weighted by atomic mass is 16.2. The summed E-state index contributed by atoms with van der Waals surface area (Å²) in [5.41, 5.74) is 0. The summed E-state index contributed by atoms with van der Waals surface area (Å²) in [6, 6.07) is 0.390. The molecule has 98 valence electrons.